The lowest BCUT2D eigenvalue weighted by Gasteiger charge is -1.99. The molecule has 0 saturated carbocycles. The topological polar surface area (TPSA) is 62.2 Å². The fraction of sp³-hybridized carbons (Fsp3) is 0.231. The van der Waals surface area contributed by atoms with Gasteiger partial charge in [0.2, 0.25) is 5.91 Å². The van der Waals surface area contributed by atoms with Gasteiger partial charge < -0.3 is 0 Å². The average Bonchev–Trinajstić information content (AvgIpc) is 2.85. The summed E-state index contributed by atoms with van der Waals surface area (Å²) in [6, 6.07) is 6.38. The number of benzene rings is 1. The zero-order chi connectivity index (χ0) is 13.7. The Morgan fingerprint density at radius 2 is 2.05 bits per heavy atom. The summed E-state index contributed by atoms with van der Waals surface area (Å²) in [5, 5.41) is 11.1. The predicted molar refractivity (Wildman–Crippen MR) is 69.6 cm³/mol. The van der Waals surface area contributed by atoms with E-state index < -0.39 is 5.91 Å². The summed E-state index contributed by atoms with van der Waals surface area (Å²) >= 11 is 1.48. The van der Waals surface area contributed by atoms with Crippen LogP contribution in [-0.4, -0.2) is 16.1 Å². The molecule has 0 aliphatic rings. The maximum absolute atomic E-state index is 12.7. The minimum atomic E-state index is -0.476. The summed E-state index contributed by atoms with van der Waals surface area (Å²) in [6.07, 6.45) is 1.60. The van der Waals surface area contributed by atoms with Gasteiger partial charge in [-0.25, -0.2) is 14.9 Å². The summed E-state index contributed by atoms with van der Waals surface area (Å²) < 4.78 is 12.7. The highest BCUT2D eigenvalue weighted by Gasteiger charge is 2.07. The summed E-state index contributed by atoms with van der Waals surface area (Å²) in [5.74, 6) is -0.717. The number of hydrogen-bond acceptors (Lipinski definition) is 4. The number of amides is 1. The molecule has 6 heteroatoms. The molecule has 0 atom stereocenters. The molecule has 0 aliphatic carbocycles. The molecule has 1 amide bonds. The molecule has 2 rings (SSSR count). The molecule has 4 nitrogen and oxygen atoms in total. The van der Waals surface area contributed by atoms with Gasteiger partial charge in [0.15, 0.2) is 0 Å². The lowest BCUT2D eigenvalue weighted by atomic mass is 10.1. The van der Waals surface area contributed by atoms with Crippen LogP contribution >= 0.6 is 11.3 Å². The molecule has 1 aromatic heterocycles. The molecule has 0 spiro atoms. The Kier molecular flexibility index (Phi) is 4.59. The van der Waals surface area contributed by atoms with Gasteiger partial charge in [-0.2, -0.15) is 0 Å². The van der Waals surface area contributed by atoms with Crippen LogP contribution in [0, 0.1) is 5.82 Å². The van der Waals surface area contributed by atoms with E-state index in [9.17, 15) is 9.18 Å². The van der Waals surface area contributed by atoms with Crippen molar-refractivity contribution in [3.8, 4) is 0 Å². The Morgan fingerprint density at radius 1 is 1.32 bits per heavy atom. The zero-order valence-electron chi connectivity index (χ0n) is 10.1. The van der Waals surface area contributed by atoms with Crippen LogP contribution in [0.1, 0.15) is 16.3 Å². The highest BCUT2D eigenvalue weighted by atomic mass is 32.1. The maximum Gasteiger partial charge on any atom is 0.249 e. The van der Waals surface area contributed by atoms with Crippen LogP contribution in [-0.2, 0) is 24.1 Å². The zero-order valence-corrected chi connectivity index (χ0v) is 10.9. The monoisotopic (exact) mass is 280 g/mol. The van der Waals surface area contributed by atoms with Crippen molar-refractivity contribution in [2.24, 2.45) is 0 Å². The van der Waals surface area contributed by atoms with Crippen LogP contribution in [0.5, 0.6) is 0 Å². The second kappa shape index (κ2) is 6.40. The summed E-state index contributed by atoms with van der Waals surface area (Å²) in [6.45, 7) is 0. The molecule has 0 saturated heterocycles. The third-order valence-corrected chi connectivity index (χ3v) is 3.56. The van der Waals surface area contributed by atoms with E-state index in [-0.39, 0.29) is 12.2 Å². The van der Waals surface area contributed by atoms with Crippen molar-refractivity contribution in [2.75, 3.05) is 0 Å². The highest BCUT2D eigenvalue weighted by molar-refractivity contribution is 7.09. The van der Waals surface area contributed by atoms with Crippen molar-refractivity contribution < 1.29 is 14.4 Å². The first kappa shape index (κ1) is 13.6. The van der Waals surface area contributed by atoms with Gasteiger partial charge in [0, 0.05) is 11.8 Å². The predicted octanol–water partition coefficient (Wildman–Crippen LogP) is 2.12. The second-order valence-corrected chi connectivity index (χ2v) is 5.01. The maximum atomic E-state index is 12.7. The van der Waals surface area contributed by atoms with Crippen LogP contribution in [0.15, 0.2) is 29.6 Å². The molecule has 0 fully saturated rings. The lowest BCUT2D eigenvalue weighted by molar-refractivity contribution is -0.128. The standard InChI is InChI=1S/C13H13FN2O2S/c14-10-4-1-9(2-5-10)3-6-13-15-11(8-19-13)7-12(17)16-18/h1-2,4-5,8,18H,3,6-7H2,(H,16,17). The minimum Gasteiger partial charge on any atom is -0.289 e. The smallest absolute Gasteiger partial charge is 0.249 e. The van der Waals surface area contributed by atoms with Gasteiger partial charge in [0.05, 0.1) is 17.1 Å². The first-order chi connectivity index (χ1) is 9.17. The third kappa shape index (κ3) is 4.11. The Hall–Kier alpha value is -1.79. The van der Waals surface area contributed by atoms with Crippen LogP contribution in [0.25, 0.3) is 0 Å². The molecule has 0 bridgehead atoms. The van der Waals surface area contributed by atoms with Gasteiger partial charge >= 0.3 is 0 Å². The number of halogens is 1. The molecular formula is C13H13FN2O2S. The van der Waals surface area contributed by atoms with Gasteiger partial charge in [-0.05, 0) is 24.1 Å². The minimum absolute atomic E-state index is 0.0730. The van der Waals surface area contributed by atoms with Gasteiger partial charge in [-0.3, -0.25) is 10.0 Å². The van der Waals surface area contributed by atoms with E-state index in [4.69, 9.17) is 5.21 Å². The SMILES string of the molecule is O=C(Cc1csc(CCc2ccc(F)cc2)n1)NO. The van der Waals surface area contributed by atoms with E-state index in [0.29, 0.717) is 5.69 Å². The number of nitrogens with zero attached hydrogens (tertiary/aromatic N) is 1. The van der Waals surface area contributed by atoms with Crippen molar-refractivity contribution in [1.29, 1.82) is 0 Å². The van der Waals surface area contributed by atoms with Gasteiger partial charge in [-0.1, -0.05) is 12.1 Å². The first-order valence-electron chi connectivity index (χ1n) is 5.78. The van der Waals surface area contributed by atoms with Crippen molar-refractivity contribution in [3.05, 3.63) is 51.7 Å². The van der Waals surface area contributed by atoms with E-state index in [1.807, 2.05) is 0 Å². The summed E-state index contributed by atoms with van der Waals surface area (Å²) in [4.78, 5) is 15.3. The molecule has 2 aromatic rings. The van der Waals surface area contributed by atoms with Crippen LogP contribution in [0.3, 0.4) is 0 Å². The normalized spacial score (nSPS) is 10.4. The number of thiazole rings is 1. The number of rotatable bonds is 5. The summed E-state index contributed by atoms with van der Waals surface area (Å²) in [7, 11) is 0. The fourth-order valence-corrected chi connectivity index (χ4v) is 2.45. The lowest BCUT2D eigenvalue weighted by Crippen LogP contribution is -2.20. The van der Waals surface area contributed by atoms with Crippen molar-refractivity contribution in [1.82, 2.24) is 10.5 Å². The van der Waals surface area contributed by atoms with Gasteiger partial charge in [0.1, 0.15) is 5.82 Å². The Labute approximate surface area is 113 Å². The molecule has 2 N–H and O–H groups in total. The number of nitrogens with one attached hydrogen (secondary N) is 1. The second-order valence-electron chi connectivity index (χ2n) is 4.07. The first-order valence-corrected chi connectivity index (χ1v) is 6.66. The molecule has 0 unspecified atom stereocenters. The van der Waals surface area contributed by atoms with Crippen LogP contribution in [0.2, 0.25) is 0 Å². The van der Waals surface area contributed by atoms with Crippen molar-refractivity contribution in [2.45, 2.75) is 19.3 Å². The molecule has 1 aromatic carbocycles. The number of hydroxylamine groups is 1. The van der Waals surface area contributed by atoms with E-state index in [1.165, 1.54) is 23.5 Å². The molecular weight excluding hydrogens is 267 g/mol. The number of aromatic nitrogens is 1. The van der Waals surface area contributed by atoms with E-state index in [2.05, 4.69) is 4.98 Å². The largest absolute Gasteiger partial charge is 0.289 e. The Balaban J connectivity index is 1.89. The third-order valence-electron chi connectivity index (χ3n) is 2.61. The molecule has 1 heterocycles. The quantitative estimate of drug-likeness (QED) is 0.651. The van der Waals surface area contributed by atoms with Crippen molar-refractivity contribution >= 4 is 17.2 Å². The van der Waals surface area contributed by atoms with E-state index in [1.54, 1.807) is 23.0 Å². The fourth-order valence-electron chi connectivity index (χ4n) is 1.65. The number of carbonyl (C=O) groups is 1. The number of carbonyl (C=O) groups excluding carboxylic acids is 1. The Bertz CT molecular complexity index is 554. The summed E-state index contributed by atoms with van der Waals surface area (Å²) in [5.41, 5.74) is 3.27. The van der Waals surface area contributed by atoms with Crippen LogP contribution < -0.4 is 5.48 Å². The molecule has 19 heavy (non-hydrogen) atoms. The van der Waals surface area contributed by atoms with Gasteiger partial charge in [-0.15, -0.1) is 11.3 Å². The van der Waals surface area contributed by atoms with Crippen LogP contribution in [0.4, 0.5) is 4.39 Å². The van der Waals surface area contributed by atoms with Crippen molar-refractivity contribution in [3.63, 3.8) is 0 Å². The average molecular weight is 280 g/mol. The molecule has 0 radical (unpaired) electrons. The van der Waals surface area contributed by atoms with E-state index >= 15 is 0 Å². The Morgan fingerprint density at radius 3 is 2.74 bits per heavy atom. The molecule has 0 aliphatic heterocycles. The number of aryl methyl sites for hydroxylation is 2. The molecule has 100 valence electrons. The highest BCUT2D eigenvalue weighted by Crippen LogP contribution is 2.14. The number of hydrogen-bond donors (Lipinski definition) is 2. The van der Waals surface area contributed by atoms with E-state index in [0.717, 1.165) is 23.4 Å². The van der Waals surface area contributed by atoms with Gasteiger partial charge in [0.25, 0.3) is 0 Å².